The smallest absolute Gasteiger partial charge is 0.213 e. The van der Waals surface area contributed by atoms with E-state index in [9.17, 15) is 0 Å². The van der Waals surface area contributed by atoms with Crippen LogP contribution >= 0.6 is 34.8 Å². The first-order valence-electron chi connectivity index (χ1n) is 6.56. The molecule has 0 aromatic rings. The fourth-order valence-corrected chi connectivity index (χ4v) is 2.45. The summed E-state index contributed by atoms with van der Waals surface area (Å²) in [5, 5.41) is 0. The molecule has 0 aromatic carbocycles. The predicted octanol–water partition coefficient (Wildman–Crippen LogP) is 5.47. The van der Waals surface area contributed by atoms with Gasteiger partial charge in [-0.15, -0.1) is 0 Å². The molecule has 0 N–H and O–H groups in total. The first-order chi connectivity index (χ1) is 8.08. The Kier molecular flexibility index (Phi) is 8.27. The van der Waals surface area contributed by atoms with E-state index in [0.717, 1.165) is 0 Å². The number of hydrogen-bond donors (Lipinski definition) is 0. The van der Waals surface area contributed by atoms with Gasteiger partial charge >= 0.3 is 0 Å². The zero-order valence-electron chi connectivity index (χ0n) is 10.3. The minimum absolute atomic E-state index is 0.182. The molecule has 0 atom stereocenters. The Morgan fingerprint density at radius 1 is 0.824 bits per heavy atom. The van der Waals surface area contributed by atoms with Gasteiger partial charge in [-0.05, 0) is 12.8 Å². The van der Waals surface area contributed by atoms with Crippen LogP contribution in [0.2, 0.25) is 0 Å². The van der Waals surface area contributed by atoms with Crippen molar-refractivity contribution in [2.24, 2.45) is 0 Å². The van der Waals surface area contributed by atoms with E-state index in [1.54, 1.807) is 0 Å². The predicted molar refractivity (Wildman–Crippen MR) is 75.9 cm³/mol. The molecule has 1 aliphatic rings. The Morgan fingerprint density at radius 2 is 1.29 bits per heavy atom. The van der Waals surface area contributed by atoms with Crippen molar-refractivity contribution in [3.05, 3.63) is 5.92 Å². The highest BCUT2D eigenvalue weighted by Gasteiger charge is 2.20. The normalized spacial score (nSPS) is 21.4. The van der Waals surface area contributed by atoms with Gasteiger partial charge in [0.15, 0.2) is 0 Å². The van der Waals surface area contributed by atoms with Crippen LogP contribution in [0.25, 0.3) is 0 Å². The fraction of sp³-hybridized carbons (Fsp3) is 0.923. The van der Waals surface area contributed by atoms with Gasteiger partial charge in [-0.1, -0.05) is 79.7 Å². The highest BCUT2D eigenvalue weighted by molar-refractivity contribution is 6.67. The number of alkyl halides is 3. The monoisotopic (exact) mass is 299 g/mol. The van der Waals surface area contributed by atoms with Crippen LogP contribution in [-0.4, -0.2) is 17.0 Å². The third-order valence-electron chi connectivity index (χ3n) is 3.13. The second-order valence-electron chi connectivity index (χ2n) is 4.83. The maximum atomic E-state index is 5.65. The van der Waals surface area contributed by atoms with Crippen molar-refractivity contribution in [1.29, 1.82) is 0 Å². The quantitative estimate of drug-likeness (QED) is 0.628. The molecule has 1 nitrogen and oxygen atoms in total. The molecule has 1 saturated carbocycles. The molecule has 0 spiro atoms. The molecule has 0 aromatic heterocycles. The lowest BCUT2D eigenvalue weighted by atomic mass is 9.93. The van der Waals surface area contributed by atoms with E-state index in [0.29, 0.717) is 6.61 Å². The van der Waals surface area contributed by atoms with Crippen LogP contribution in [0, 0.1) is 5.92 Å². The van der Waals surface area contributed by atoms with E-state index in [4.69, 9.17) is 39.5 Å². The fourth-order valence-electron chi connectivity index (χ4n) is 2.21. The van der Waals surface area contributed by atoms with E-state index >= 15 is 0 Å². The van der Waals surface area contributed by atoms with Crippen LogP contribution in [-0.2, 0) is 4.74 Å². The third-order valence-corrected chi connectivity index (χ3v) is 3.46. The minimum atomic E-state index is -1.28. The molecule has 0 heterocycles. The summed E-state index contributed by atoms with van der Waals surface area (Å²) in [5.41, 5.74) is 0. The lowest BCUT2D eigenvalue weighted by molar-refractivity contribution is 0.142. The lowest BCUT2D eigenvalue weighted by Gasteiger charge is -2.19. The van der Waals surface area contributed by atoms with Gasteiger partial charge in [-0.25, -0.2) is 0 Å². The third kappa shape index (κ3) is 9.41. The Balaban J connectivity index is 2.18. The van der Waals surface area contributed by atoms with Crippen LogP contribution < -0.4 is 0 Å². The Labute approximate surface area is 120 Å². The first-order valence-corrected chi connectivity index (χ1v) is 7.69. The standard InChI is InChI=1S/C13H22Cl3O/c14-13(15,16)11-17-10-12-8-6-4-2-1-3-5-7-9-12/h1-11H2. The second kappa shape index (κ2) is 8.85. The summed E-state index contributed by atoms with van der Waals surface area (Å²) in [6.45, 7) is 0.842. The summed E-state index contributed by atoms with van der Waals surface area (Å²) in [6, 6.07) is 0. The van der Waals surface area contributed by atoms with Gasteiger partial charge in [0.25, 0.3) is 0 Å². The molecule has 0 aliphatic heterocycles. The molecule has 1 aliphatic carbocycles. The summed E-state index contributed by atoms with van der Waals surface area (Å²) >= 11 is 17.0. The Bertz CT molecular complexity index is 182. The summed E-state index contributed by atoms with van der Waals surface area (Å²) in [7, 11) is 0. The van der Waals surface area contributed by atoms with Gasteiger partial charge in [0.1, 0.15) is 0 Å². The second-order valence-corrected chi connectivity index (χ2v) is 7.35. The van der Waals surface area contributed by atoms with E-state index in [1.165, 1.54) is 63.7 Å². The van der Waals surface area contributed by atoms with E-state index in [2.05, 4.69) is 0 Å². The number of ether oxygens (including phenoxy) is 1. The molecule has 0 amide bonds. The number of rotatable bonds is 3. The molecule has 0 unspecified atom stereocenters. The molecule has 101 valence electrons. The molecule has 1 radical (unpaired) electrons. The zero-order chi connectivity index (χ0) is 12.6. The maximum Gasteiger partial charge on any atom is 0.213 e. The SMILES string of the molecule is ClC(Cl)(Cl)COC[C]1CCCCCCCCC1. The summed E-state index contributed by atoms with van der Waals surface area (Å²) in [4.78, 5) is 0. The molecular formula is C13H22Cl3O. The topological polar surface area (TPSA) is 9.23 Å². The average Bonchev–Trinajstić information content (AvgIpc) is 2.25. The van der Waals surface area contributed by atoms with Gasteiger partial charge in [0.05, 0.1) is 13.2 Å². The largest absolute Gasteiger partial charge is 0.376 e. The van der Waals surface area contributed by atoms with Crippen molar-refractivity contribution >= 4 is 34.8 Å². The molecule has 0 saturated heterocycles. The van der Waals surface area contributed by atoms with Crippen LogP contribution in [0.3, 0.4) is 0 Å². The van der Waals surface area contributed by atoms with Crippen molar-refractivity contribution in [3.63, 3.8) is 0 Å². The molecular weight excluding hydrogens is 279 g/mol. The van der Waals surface area contributed by atoms with Gasteiger partial charge in [-0.2, -0.15) is 0 Å². The van der Waals surface area contributed by atoms with E-state index in [-0.39, 0.29) is 6.61 Å². The molecule has 17 heavy (non-hydrogen) atoms. The lowest BCUT2D eigenvalue weighted by Crippen LogP contribution is -2.17. The minimum Gasteiger partial charge on any atom is -0.376 e. The van der Waals surface area contributed by atoms with Crippen LogP contribution in [0.15, 0.2) is 0 Å². The van der Waals surface area contributed by atoms with Crippen molar-refractivity contribution in [2.75, 3.05) is 13.2 Å². The average molecular weight is 301 g/mol. The molecule has 1 fully saturated rings. The summed E-state index contributed by atoms with van der Waals surface area (Å²) in [6.07, 6.45) is 11.8. The Hall–Kier alpha value is 0.830. The molecule has 4 heteroatoms. The van der Waals surface area contributed by atoms with Crippen LogP contribution in [0.1, 0.15) is 57.8 Å². The van der Waals surface area contributed by atoms with Crippen molar-refractivity contribution in [2.45, 2.75) is 61.6 Å². The molecule has 0 bridgehead atoms. The van der Waals surface area contributed by atoms with Crippen molar-refractivity contribution in [3.8, 4) is 0 Å². The van der Waals surface area contributed by atoms with Crippen LogP contribution in [0.5, 0.6) is 0 Å². The maximum absolute atomic E-state index is 5.65. The van der Waals surface area contributed by atoms with Crippen molar-refractivity contribution in [1.82, 2.24) is 0 Å². The summed E-state index contributed by atoms with van der Waals surface area (Å²) < 4.78 is 4.19. The van der Waals surface area contributed by atoms with Gasteiger partial charge < -0.3 is 4.74 Å². The molecule has 1 rings (SSSR count). The number of halogens is 3. The highest BCUT2D eigenvalue weighted by Crippen LogP contribution is 2.28. The summed E-state index contributed by atoms with van der Waals surface area (Å²) in [5.74, 6) is 1.49. The van der Waals surface area contributed by atoms with Gasteiger partial charge in [-0.3, -0.25) is 0 Å². The van der Waals surface area contributed by atoms with E-state index in [1.807, 2.05) is 0 Å². The zero-order valence-corrected chi connectivity index (χ0v) is 12.6. The number of hydrogen-bond acceptors (Lipinski definition) is 1. The Morgan fingerprint density at radius 3 is 1.76 bits per heavy atom. The van der Waals surface area contributed by atoms with Crippen molar-refractivity contribution < 1.29 is 4.74 Å². The van der Waals surface area contributed by atoms with Gasteiger partial charge in [0.2, 0.25) is 3.79 Å². The highest BCUT2D eigenvalue weighted by atomic mass is 35.6. The van der Waals surface area contributed by atoms with Gasteiger partial charge in [0, 0.05) is 5.92 Å². The van der Waals surface area contributed by atoms with E-state index < -0.39 is 3.79 Å². The first kappa shape index (κ1) is 15.9. The van der Waals surface area contributed by atoms with Crippen LogP contribution in [0.4, 0.5) is 0 Å².